The number of hydrogen-bond acceptors (Lipinski definition) is 0. The molecule has 0 spiro atoms. The molecule has 1 unspecified atom stereocenters. The monoisotopic (exact) mass is 404 g/mol. The first kappa shape index (κ1) is 15.0. The Labute approximate surface area is 134 Å². The van der Waals surface area contributed by atoms with Crippen LogP contribution in [0.25, 0.3) is 0 Å². The molecule has 1 atom stereocenters. The van der Waals surface area contributed by atoms with E-state index in [1.165, 1.54) is 6.07 Å². The molecule has 0 N–H and O–H groups in total. The lowest BCUT2D eigenvalue weighted by atomic mass is 10.00. The molecule has 0 aliphatic carbocycles. The Balaban J connectivity index is 2.49. The van der Waals surface area contributed by atoms with Crippen molar-refractivity contribution < 1.29 is 4.39 Å². The van der Waals surface area contributed by atoms with E-state index in [2.05, 4.69) is 31.9 Å². The van der Waals surface area contributed by atoms with Crippen LogP contribution in [0, 0.1) is 19.7 Å². The molecular weight excluding hydrogens is 394 g/mol. The molecule has 0 saturated heterocycles. The molecule has 19 heavy (non-hydrogen) atoms. The highest BCUT2D eigenvalue weighted by molar-refractivity contribution is 9.10. The van der Waals surface area contributed by atoms with E-state index in [9.17, 15) is 4.39 Å². The van der Waals surface area contributed by atoms with Gasteiger partial charge in [0, 0.05) is 15.1 Å². The summed E-state index contributed by atoms with van der Waals surface area (Å²) >= 11 is 13.1. The highest BCUT2D eigenvalue weighted by Gasteiger charge is 2.18. The second-order valence-electron chi connectivity index (χ2n) is 4.49. The zero-order valence-electron chi connectivity index (χ0n) is 10.5. The number of hydrogen-bond donors (Lipinski definition) is 0. The highest BCUT2D eigenvalue weighted by atomic mass is 79.9. The molecule has 100 valence electrons. The Bertz CT molecular complexity index is 626. The van der Waals surface area contributed by atoms with Crippen LogP contribution in [0.15, 0.2) is 34.8 Å². The predicted molar refractivity (Wildman–Crippen MR) is 85.8 cm³/mol. The van der Waals surface area contributed by atoms with Crippen LogP contribution < -0.4 is 0 Å². The van der Waals surface area contributed by atoms with Crippen molar-refractivity contribution in [2.45, 2.75) is 18.7 Å². The summed E-state index contributed by atoms with van der Waals surface area (Å²) in [5, 5.41) is 0.646. The number of alkyl halides is 1. The van der Waals surface area contributed by atoms with Gasteiger partial charge in [-0.05, 0) is 48.7 Å². The van der Waals surface area contributed by atoms with Crippen molar-refractivity contribution in [2.75, 3.05) is 0 Å². The van der Waals surface area contributed by atoms with Crippen LogP contribution in [0.1, 0.15) is 27.1 Å². The first-order valence-corrected chi connectivity index (χ1v) is 7.84. The fourth-order valence-corrected chi connectivity index (χ4v) is 3.41. The van der Waals surface area contributed by atoms with Crippen LogP contribution in [-0.2, 0) is 0 Å². The van der Waals surface area contributed by atoms with E-state index in [-0.39, 0.29) is 10.6 Å². The Morgan fingerprint density at radius 3 is 2.32 bits per heavy atom. The average Bonchev–Trinajstić information content (AvgIpc) is 2.33. The molecule has 0 aromatic heterocycles. The Morgan fingerprint density at radius 2 is 1.68 bits per heavy atom. The van der Waals surface area contributed by atoms with Crippen molar-refractivity contribution in [3.8, 4) is 0 Å². The van der Waals surface area contributed by atoms with Crippen molar-refractivity contribution in [1.29, 1.82) is 0 Å². The smallest absolute Gasteiger partial charge is 0.129 e. The van der Waals surface area contributed by atoms with Gasteiger partial charge in [-0.2, -0.15) is 0 Å². The van der Waals surface area contributed by atoms with E-state index in [1.807, 2.05) is 32.0 Å². The predicted octanol–water partition coefficient (Wildman–Crippen LogP) is 6.34. The lowest BCUT2D eigenvalue weighted by Gasteiger charge is -2.15. The van der Waals surface area contributed by atoms with Gasteiger partial charge in [0.15, 0.2) is 0 Å². The Hall–Kier alpha value is -0.380. The Morgan fingerprint density at radius 1 is 1.05 bits per heavy atom. The van der Waals surface area contributed by atoms with Gasteiger partial charge in [0.1, 0.15) is 5.82 Å². The summed E-state index contributed by atoms with van der Waals surface area (Å²) < 4.78 is 14.7. The minimum Gasteiger partial charge on any atom is -0.207 e. The lowest BCUT2D eigenvalue weighted by Crippen LogP contribution is -1.99. The summed E-state index contributed by atoms with van der Waals surface area (Å²) in [6, 6.07) is 8.94. The lowest BCUT2D eigenvalue weighted by molar-refractivity contribution is 0.612. The van der Waals surface area contributed by atoms with E-state index < -0.39 is 0 Å². The number of aryl methyl sites for hydroxylation is 2. The van der Waals surface area contributed by atoms with Crippen molar-refractivity contribution in [2.24, 2.45) is 0 Å². The molecule has 0 saturated carbocycles. The number of benzene rings is 2. The minimum absolute atomic E-state index is 0.257. The van der Waals surface area contributed by atoms with Gasteiger partial charge in [-0.3, -0.25) is 0 Å². The molecule has 0 nitrogen and oxygen atoms in total. The summed E-state index contributed by atoms with van der Waals surface area (Å²) in [6.45, 7) is 4.03. The maximum absolute atomic E-state index is 14.0. The van der Waals surface area contributed by atoms with Gasteiger partial charge >= 0.3 is 0 Å². The molecule has 0 bridgehead atoms. The van der Waals surface area contributed by atoms with E-state index in [4.69, 9.17) is 11.6 Å². The average molecular weight is 407 g/mol. The van der Waals surface area contributed by atoms with Gasteiger partial charge in [-0.25, -0.2) is 4.39 Å². The fourth-order valence-electron chi connectivity index (χ4n) is 1.87. The highest BCUT2D eigenvalue weighted by Crippen LogP contribution is 2.38. The molecular formula is C15H12Br2ClF. The largest absolute Gasteiger partial charge is 0.207 e. The summed E-state index contributed by atoms with van der Waals surface area (Å²) in [5.74, 6) is -0.259. The third-order valence-corrected chi connectivity index (χ3v) is 4.93. The van der Waals surface area contributed by atoms with Crippen molar-refractivity contribution >= 4 is 43.5 Å². The standard InChI is InChI=1S/C15H12Br2ClF/c1-8-5-12(13(18)6-9(8)2)15(17)11-4-3-10(16)7-14(11)19/h3-7,15H,1-2H3. The zero-order valence-corrected chi connectivity index (χ0v) is 14.4. The van der Waals surface area contributed by atoms with Crippen LogP contribution in [0.5, 0.6) is 0 Å². The van der Waals surface area contributed by atoms with E-state index >= 15 is 0 Å². The first-order valence-electron chi connectivity index (χ1n) is 5.76. The van der Waals surface area contributed by atoms with Crippen LogP contribution in [0.4, 0.5) is 4.39 Å². The first-order chi connectivity index (χ1) is 8.90. The molecule has 2 aromatic carbocycles. The van der Waals surface area contributed by atoms with Gasteiger partial charge in [-0.15, -0.1) is 0 Å². The fraction of sp³-hybridized carbons (Fsp3) is 0.200. The topological polar surface area (TPSA) is 0 Å². The maximum atomic E-state index is 14.0. The van der Waals surface area contributed by atoms with Crippen LogP contribution in [-0.4, -0.2) is 0 Å². The van der Waals surface area contributed by atoms with E-state index in [0.717, 1.165) is 21.2 Å². The van der Waals surface area contributed by atoms with Crippen molar-refractivity contribution in [3.63, 3.8) is 0 Å². The van der Waals surface area contributed by atoms with Gasteiger partial charge in [0.2, 0.25) is 0 Å². The molecule has 4 heteroatoms. The van der Waals surface area contributed by atoms with Crippen LogP contribution in [0.3, 0.4) is 0 Å². The van der Waals surface area contributed by atoms with Gasteiger partial charge in [-0.1, -0.05) is 55.6 Å². The molecule has 0 amide bonds. The number of rotatable bonds is 2. The third-order valence-electron chi connectivity index (χ3n) is 3.12. The summed E-state index contributed by atoms with van der Waals surface area (Å²) in [7, 11) is 0. The van der Waals surface area contributed by atoms with Crippen molar-refractivity contribution in [1.82, 2.24) is 0 Å². The summed E-state index contributed by atoms with van der Waals surface area (Å²) in [6.07, 6.45) is 0. The minimum atomic E-state index is -0.259. The molecule has 0 heterocycles. The number of halogens is 4. The SMILES string of the molecule is Cc1cc(Cl)c(C(Br)c2ccc(Br)cc2F)cc1C. The third kappa shape index (κ3) is 3.21. The zero-order chi connectivity index (χ0) is 14.2. The second-order valence-corrected chi connectivity index (χ2v) is 6.72. The second kappa shape index (κ2) is 5.94. The van der Waals surface area contributed by atoms with Crippen LogP contribution in [0.2, 0.25) is 5.02 Å². The quantitative estimate of drug-likeness (QED) is 0.510. The molecule has 0 aliphatic heterocycles. The van der Waals surface area contributed by atoms with E-state index in [0.29, 0.717) is 10.6 Å². The maximum Gasteiger partial charge on any atom is 0.129 e. The van der Waals surface area contributed by atoms with Crippen LogP contribution >= 0.6 is 43.5 Å². The van der Waals surface area contributed by atoms with Gasteiger partial charge in [0.25, 0.3) is 0 Å². The van der Waals surface area contributed by atoms with Gasteiger partial charge in [0.05, 0.1) is 4.83 Å². The molecule has 0 radical (unpaired) electrons. The summed E-state index contributed by atoms with van der Waals surface area (Å²) in [4.78, 5) is -0.257. The van der Waals surface area contributed by atoms with E-state index in [1.54, 1.807) is 6.07 Å². The van der Waals surface area contributed by atoms with Gasteiger partial charge < -0.3 is 0 Å². The molecule has 0 aliphatic rings. The Kier molecular flexibility index (Phi) is 4.70. The summed E-state index contributed by atoms with van der Waals surface area (Å²) in [5.41, 5.74) is 3.73. The molecule has 0 fully saturated rings. The van der Waals surface area contributed by atoms with Crippen molar-refractivity contribution in [3.05, 3.63) is 67.9 Å². The normalized spacial score (nSPS) is 12.5. The molecule has 2 aromatic rings. The molecule has 2 rings (SSSR count).